The van der Waals surface area contributed by atoms with Crippen LogP contribution in [0, 0.1) is 0 Å². The zero-order valence-electron chi connectivity index (χ0n) is 10.2. The largest absolute Gasteiger partial charge is 0.478 e. The van der Waals surface area contributed by atoms with Crippen LogP contribution in [0.15, 0.2) is 30.6 Å². The highest BCUT2D eigenvalue weighted by molar-refractivity contribution is 6.33. The van der Waals surface area contributed by atoms with Gasteiger partial charge in [-0.1, -0.05) is 11.6 Å². The lowest BCUT2D eigenvalue weighted by Gasteiger charge is -2.08. The fourth-order valence-electron chi connectivity index (χ4n) is 1.50. The molecule has 0 aliphatic heterocycles. The second kappa shape index (κ2) is 6.07. The highest BCUT2D eigenvalue weighted by atomic mass is 35.5. The van der Waals surface area contributed by atoms with Crippen LogP contribution in [-0.4, -0.2) is 27.3 Å². The molecule has 4 N–H and O–H groups in total. The Morgan fingerprint density at radius 2 is 2.20 bits per heavy atom. The number of hydrogen-bond donors (Lipinski definition) is 4. The number of rotatable bonds is 4. The van der Waals surface area contributed by atoms with Gasteiger partial charge in [-0.3, -0.25) is 5.10 Å². The lowest BCUT2D eigenvalue weighted by Crippen LogP contribution is -2.28. The Balaban J connectivity index is 1.94. The predicted octanol–water partition coefficient (Wildman–Crippen LogP) is 2.08. The van der Waals surface area contributed by atoms with Gasteiger partial charge < -0.3 is 15.7 Å². The second-order valence-corrected chi connectivity index (χ2v) is 4.32. The first-order valence-corrected chi connectivity index (χ1v) is 5.99. The standard InChI is InChI=1S/C12H11ClN4O3/c13-10-3-8(1-2-9(10)11(18)19)17-12(20)14-4-7-5-15-16-6-7/h1-3,5-6H,4H2,(H,15,16)(H,18,19)(H2,14,17,20). The number of benzene rings is 1. The van der Waals surface area contributed by atoms with Gasteiger partial charge in [0, 0.05) is 24.0 Å². The number of halogens is 1. The molecule has 0 fully saturated rings. The SMILES string of the molecule is O=C(NCc1cn[nH]c1)Nc1ccc(C(=O)O)c(Cl)c1. The highest BCUT2D eigenvalue weighted by Gasteiger charge is 2.10. The van der Waals surface area contributed by atoms with Crippen LogP contribution >= 0.6 is 11.6 Å². The summed E-state index contributed by atoms with van der Waals surface area (Å²) in [4.78, 5) is 22.4. The van der Waals surface area contributed by atoms with Crippen LogP contribution in [-0.2, 0) is 6.54 Å². The summed E-state index contributed by atoms with van der Waals surface area (Å²) < 4.78 is 0. The summed E-state index contributed by atoms with van der Waals surface area (Å²) in [7, 11) is 0. The monoisotopic (exact) mass is 294 g/mol. The van der Waals surface area contributed by atoms with E-state index in [0.717, 1.165) is 5.56 Å². The molecule has 0 aliphatic carbocycles. The second-order valence-electron chi connectivity index (χ2n) is 3.91. The summed E-state index contributed by atoms with van der Waals surface area (Å²) in [6.07, 6.45) is 3.26. The number of nitrogens with zero attached hydrogens (tertiary/aromatic N) is 1. The highest BCUT2D eigenvalue weighted by Crippen LogP contribution is 2.20. The molecule has 1 aromatic heterocycles. The average molecular weight is 295 g/mol. The van der Waals surface area contributed by atoms with E-state index in [0.29, 0.717) is 12.2 Å². The molecule has 2 aromatic rings. The molecule has 0 spiro atoms. The minimum atomic E-state index is -1.12. The Kier molecular flexibility index (Phi) is 4.21. The minimum Gasteiger partial charge on any atom is -0.478 e. The molecular weight excluding hydrogens is 284 g/mol. The maximum absolute atomic E-state index is 11.6. The fraction of sp³-hybridized carbons (Fsp3) is 0.0833. The van der Waals surface area contributed by atoms with Gasteiger partial charge >= 0.3 is 12.0 Å². The Morgan fingerprint density at radius 3 is 2.80 bits per heavy atom. The third-order valence-electron chi connectivity index (χ3n) is 2.47. The molecule has 8 heteroatoms. The van der Waals surface area contributed by atoms with Gasteiger partial charge in [0.15, 0.2) is 0 Å². The van der Waals surface area contributed by atoms with Crippen LogP contribution in [0.2, 0.25) is 5.02 Å². The van der Waals surface area contributed by atoms with Gasteiger partial charge in [0.05, 0.1) is 16.8 Å². The number of nitrogens with one attached hydrogen (secondary N) is 3. The van der Waals surface area contributed by atoms with Crippen molar-refractivity contribution in [2.75, 3.05) is 5.32 Å². The molecule has 0 aliphatic rings. The van der Waals surface area contributed by atoms with E-state index in [1.54, 1.807) is 12.4 Å². The number of carboxylic acids is 1. The first-order valence-electron chi connectivity index (χ1n) is 5.61. The van der Waals surface area contributed by atoms with Crippen LogP contribution < -0.4 is 10.6 Å². The number of carbonyl (C=O) groups is 2. The van der Waals surface area contributed by atoms with Gasteiger partial charge in [0.1, 0.15) is 0 Å². The third-order valence-corrected chi connectivity index (χ3v) is 2.78. The summed E-state index contributed by atoms with van der Waals surface area (Å²) >= 11 is 5.80. The summed E-state index contributed by atoms with van der Waals surface area (Å²) in [5.41, 5.74) is 1.22. The molecule has 104 valence electrons. The first kappa shape index (κ1) is 13.9. The Labute approximate surface area is 119 Å². The molecule has 1 aromatic carbocycles. The van der Waals surface area contributed by atoms with Crippen LogP contribution in [0.25, 0.3) is 0 Å². The topological polar surface area (TPSA) is 107 Å². The number of carbonyl (C=O) groups excluding carboxylic acids is 1. The van der Waals surface area contributed by atoms with E-state index in [9.17, 15) is 9.59 Å². The number of aromatic carboxylic acids is 1. The molecule has 2 amide bonds. The summed E-state index contributed by atoms with van der Waals surface area (Å²) in [5.74, 6) is -1.12. The van der Waals surface area contributed by atoms with E-state index in [-0.39, 0.29) is 10.6 Å². The molecule has 2 rings (SSSR count). The number of aromatic amines is 1. The smallest absolute Gasteiger partial charge is 0.337 e. The van der Waals surface area contributed by atoms with Gasteiger partial charge in [-0.15, -0.1) is 0 Å². The summed E-state index contributed by atoms with van der Waals surface area (Å²) in [6, 6.07) is 3.75. The van der Waals surface area contributed by atoms with Crippen LogP contribution in [0.1, 0.15) is 15.9 Å². The summed E-state index contributed by atoms with van der Waals surface area (Å²) in [5, 5.41) is 20.5. The quantitative estimate of drug-likeness (QED) is 0.692. The molecule has 7 nitrogen and oxygen atoms in total. The average Bonchev–Trinajstić information content (AvgIpc) is 2.89. The third kappa shape index (κ3) is 3.48. The van der Waals surface area contributed by atoms with E-state index in [1.165, 1.54) is 18.2 Å². The van der Waals surface area contributed by atoms with Gasteiger partial charge in [-0.05, 0) is 18.2 Å². The van der Waals surface area contributed by atoms with E-state index >= 15 is 0 Å². The maximum atomic E-state index is 11.6. The van der Waals surface area contributed by atoms with Gasteiger partial charge in [-0.25, -0.2) is 9.59 Å². The maximum Gasteiger partial charge on any atom is 0.337 e. The molecule has 0 bridgehead atoms. The molecule has 0 atom stereocenters. The zero-order valence-corrected chi connectivity index (χ0v) is 10.9. The molecule has 0 saturated heterocycles. The van der Waals surface area contributed by atoms with Gasteiger partial charge in [-0.2, -0.15) is 5.10 Å². The molecule has 20 heavy (non-hydrogen) atoms. The lowest BCUT2D eigenvalue weighted by atomic mass is 10.2. The van der Waals surface area contributed by atoms with Crippen molar-refractivity contribution in [1.29, 1.82) is 0 Å². The van der Waals surface area contributed by atoms with Crippen molar-refractivity contribution >= 4 is 29.3 Å². The van der Waals surface area contributed by atoms with E-state index < -0.39 is 12.0 Å². The molecule has 1 heterocycles. The lowest BCUT2D eigenvalue weighted by molar-refractivity contribution is 0.0697. The molecule has 0 saturated carbocycles. The van der Waals surface area contributed by atoms with Crippen LogP contribution in [0.5, 0.6) is 0 Å². The molecule has 0 unspecified atom stereocenters. The number of amides is 2. The van der Waals surface area contributed by atoms with Crippen molar-refractivity contribution in [3.05, 3.63) is 46.7 Å². The van der Waals surface area contributed by atoms with Crippen LogP contribution in [0.4, 0.5) is 10.5 Å². The Bertz CT molecular complexity index is 628. The van der Waals surface area contributed by atoms with Crippen molar-refractivity contribution in [2.45, 2.75) is 6.54 Å². The number of H-pyrrole nitrogens is 1. The number of anilines is 1. The number of hydrogen-bond acceptors (Lipinski definition) is 3. The van der Waals surface area contributed by atoms with E-state index in [1.807, 2.05) is 0 Å². The normalized spacial score (nSPS) is 10.1. The Morgan fingerprint density at radius 1 is 1.40 bits per heavy atom. The minimum absolute atomic E-state index is 0.0176. The van der Waals surface area contributed by atoms with Crippen LogP contribution in [0.3, 0.4) is 0 Å². The van der Waals surface area contributed by atoms with Crippen molar-refractivity contribution in [1.82, 2.24) is 15.5 Å². The zero-order chi connectivity index (χ0) is 14.5. The van der Waals surface area contributed by atoms with Gasteiger partial charge in [0.2, 0.25) is 0 Å². The van der Waals surface area contributed by atoms with Crippen molar-refractivity contribution in [3.8, 4) is 0 Å². The predicted molar refractivity (Wildman–Crippen MR) is 72.9 cm³/mol. The summed E-state index contributed by atoms with van der Waals surface area (Å²) in [6.45, 7) is 0.323. The van der Waals surface area contributed by atoms with E-state index in [2.05, 4.69) is 20.8 Å². The van der Waals surface area contributed by atoms with Crippen molar-refractivity contribution in [2.24, 2.45) is 0 Å². The first-order chi connectivity index (χ1) is 9.56. The Hall–Kier alpha value is -2.54. The number of urea groups is 1. The fourth-order valence-corrected chi connectivity index (χ4v) is 1.76. The molecular formula is C12H11ClN4O3. The van der Waals surface area contributed by atoms with Crippen molar-refractivity contribution in [3.63, 3.8) is 0 Å². The number of carboxylic acid groups (broad SMARTS) is 1. The number of aromatic nitrogens is 2. The van der Waals surface area contributed by atoms with Crippen molar-refractivity contribution < 1.29 is 14.7 Å². The molecule has 0 radical (unpaired) electrons. The van der Waals surface area contributed by atoms with E-state index in [4.69, 9.17) is 16.7 Å². The van der Waals surface area contributed by atoms with Gasteiger partial charge in [0.25, 0.3) is 0 Å².